The summed E-state index contributed by atoms with van der Waals surface area (Å²) >= 11 is 11.6. The van der Waals surface area contributed by atoms with Crippen LogP contribution in [0.3, 0.4) is 0 Å². The Morgan fingerprint density at radius 1 is 1.33 bits per heavy atom. The van der Waals surface area contributed by atoms with Gasteiger partial charge >= 0.3 is 12.0 Å². The van der Waals surface area contributed by atoms with E-state index in [2.05, 4.69) is 5.32 Å². The molecule has 21 heavy (non-hydrogen) atoms. The number of nitrogens with zero attached hydrogens (tertiary/aromatic N) is 1. The number of benzene rings is 1. The Kier molecular flexibility index (Phi) is 4.11. The second-order valence-corrected chi connectivity index (χ2v) is 5.72. The predicted molar refractivity (Wildman–Crippen MR) is 77.6 cm³/mol. The fraction of sp³-hybridized carbons (Fsp3) is 0.308. The van der Waals surface area contributed by atoms with E-state index in [-0.39, 0.29) is 18.0 Å². The number of nitrogens with one attached hydrogen (secondary N) is 1. The maximum Gasteiger partial charge on any atom is 0.328 e. The number of carboxylic acids is 1. The number of likely N-dealkylation sites (tertiary alicyclic amines) is 1. The third-order valence-electron chi connectivity index (χ3n) is 3.44. The van der Waals surface area contributed by atoms with Crippen LogP contribution in [0.15, 0.2) is 18.2 Å². The number of urea groups is 1. The fourth-order valence-electron chi connectivity index (χ4n) is 2.00. The molecule has 3 amide bonds. The summed E-state index contributed by atoms with van der Waals surface area (Å²) in [4.78, 5) is 36.1. The Bertz CT molecular complexity index is 635. The first-order valence-corrected chi connectivity index (χ1v) is 6.82. The van der Waals surface area contributed by atoms with Gasteiger partial charge in [-0.05, 0) is 31.5 Å². The standard InChI is InChI=1S/C13H12Cl2N2O4/c1-13(11(19)20)4-5-17(10(13)18)12(21)16-7-2-3-8(14)9(15)6-7/h2-3,6H,4-5H2,1H3,(H,16,21)(H,19,20). The molecule has 8 heteroatoms. The first-order chi connectivity index (χ1) is 9.75. The van der Waals surface area contributed by atoms with Gasteiger partial charge in [-0.3, -0.25) is 14.5 Å². The summed E-state index contributed by atoms with van der Waals surface area (Å²) in [5.74, 6) is -1.97. The van der Waals surface area contributed by atoms with Crippen LogP contribution >= 0.6 is 23.2 Å². The Labute approximate surface area is 130 Å². The second kappa shape index (κ2) is 5.54. The summed E-state index contributed by atoms with van der Waals surface area (Å²) in [6.07, 6.45) is 0.0793. The van der Waals surface area contributed by atoms with Gasteiger partial charge in [-0.2, -0.15) is 0 Å². The smallest absolute Gasteiger partial charge is 0.328 e. The molecule has 1 unspecified atom stereocenters. The molecule has 1 aliphatic rings. The third-order valence-corrected chi connectivity index (χ3v) is 4.18. The van der Waals surface area contributed by atoms with E-state index in [0.717, 1.165) is 4.90 Å². The van der Waals surface area contributed by atoms with E-state index in [9.17, 15) is 14.4 Å². The highest BCUT2D eigenvalue weighted by molar-refractivity contribution is 6.42. The molecule has 0 bridgehead atoms. The zero-order chi connectivity index (χ0) is 15.8. The summed E-state index contributed by atoms with van der Waals surface area (Å²) in [6, 6.07) is 3.79. The summed E-state index contributed by atoms with van der Waals surface area (Å²) in [7, 11) is 0. The minimum Gasteiger partial charge on any atom is -0.480 e. The first-order valence-electron chi connectivity index (χ1n) is 6.07. The zero-order valence-corrected chi connectivity index (χ0v) is 12.5. The average molecular weight is 331 g/mol. The highest BCUT2D eigenvalue weighted by atomic mass is 35.5. The topological polar surface area (TPSA) is 86.7 Å². The highest BCUT2D eigenvalue weighted by Crippen LogP contribution is 2.32. The van der Waals surface area contributed by atoms with Gasteiger partial charge in [-0.15, -0.1) is 0 Å². The average Bonchev–Trinajstić information content (AvgIpc) is 2.72. The van der Waals surface area contributed by atoms with Crippen molar-refractivity contribution >= 4 is 46.8 Å². The Morgan fingerprint density at radius 2 is 2.00 bits per heavy atom. The molecule has 0 aliphatic carbocycles. The fourth-order valence-corrected chi connectivity index (χ4v) is 2.30. The van der Waals surface area contributed by atoms with Crippen molar-refractivity contribution in [2.45, 2.75) is 13.3 Å². The monoisotopic (exact) mass is 330 g/mol. The lowest BCUT2D eigenvalue weighted by atomic mass is 9.89. The van der Waals surface area contributed by atoms with Crippen molar-refractivity contribution in [2.24, 2.45) is 5.41 Å². The number of carboxylic acid groups (broad SMARTS) is 1. The molecular weight excluding hydrogens is 319 g/mol. The van der Waals surface area contributed by atoms with E-state index in [1.54, 1.807) is 0 Å². The van der Waals surface area contributed by atoms with Gasteiger partial charge in [0.25, 0.3) is 0 Å². The van der Waals surface area contributed by atoms with Gasteiger partial charge in [0, 0.05) is 12.2 Å². The van der Waals surface area contributed by atoms with Crippen LogP contribution in [0.5, 0.6) is 0 Å². The molecule has 2 N–H and O–H groups in total. The molecule has 1 aromatic carbocycles. The lowest BCUT2D eigenvalue weighted by Gasteiger charge is -2.18. The van der Waals surface area contributed by atoms with Gasteiger partial charge < -0.3 is 10.4 Å². The summed E-state index contributed by atoms with van der Waals surface area (Å²) in [5, 5.41) is 12.2. The lowest BCUT2D eigenvalue weighted by Crippen LogP contribution is -2.42. The van der Waals surface area contributed by atoms with E-state index in [1.165, 1.54) is 25.1 Å². The van der Waals surface area contributed by atoms with Crippen LogP contribution in [0, 0.1) is 5.41 Å². The minimum absolute atomic E-state index is 0.0504. The molecule has 1 saturated heterocycles. The maximum absolute atomic E-state index is 12.1. The first kappa shape index (κ1) is 15.6. The molecule has 0 saturated carbocycles. The van der Waals surface area contributed by atoms with Crippen LogP contribution < -0.4 is 5.32 Å². The van der Waals surface area contributed by atoms with Crippen molar-refractivity contribution in [3.63, 3.8) is 0 Å². The molecule has 1 fully saturated rings. The van der Waals surface area contributed by atoms with Gasteiger partial charge in [-0.25, -0.2) is 4.79 Å². The minimum atomic E-state index is -1.56. The van der Waals surface area contributed by atoms with Crippen molar-refractivity contribution in [2.75, 3.05) is 11.9 Å². The third kappa shape index (κ3) is 2.82. The highest BCUT2D eigenvalue weighted by Gasteiger charge is 2.51. The number of imide groups is 1. The molecule has 0 radical (unpaired) electrons. The molecule has 0 spiro atoms. The van der Waals surface area contributed by atoms with Crippen LogP contribution in [0.4, 0.5) is 10.5 Å². The Balaban J connectivity index is 2.13. The second-order valence-electron chi connectivity index (χ2n) is 4.90. The van der Waals surface area contributed by atoms with Crippen molar-refractivity contribution in [1.82, 2.24) is 4.90 Å². The number of hydrogen-bond acceptors (Lipinski definition) is 3. The van der Waals surface area contributed by atoms with Crippen LogP contribution in [0.1, 0.15) is 13.3 Å². The van der Waals surface area contributed by atoms with Crippen LogP contribution in [0.2, 0.25) is 10.0 Å². The van der Waals surface area contributed by atoms with Gasteiger partial charge in [0.05, 0.1) is 10.0 Å². The van der Waals surface area contributed by atoms with E-state index in [0.29, 0.717) is 10.7 Å². The maximum atomic E-state index is 12.1. The van der Waals surface area contributed by atoms with E-state index >= 15 is 0 Å². The molecule has 1 heterocycles. The molecule has 112 valence electrons. The van der Waals surface area contributed by atoms with Gasteiger partial charge in [0.1, 0.15) is 5.41 Å². The molecular formula is C13H12Cl2N2O4. The largest absolute Gasteiger partial charge is 0.480 e. The molecule has 1 atom stereocenters. The number of carbonyl (C=O) groups excluding carboxylic acids is 2. The number of carbonyl (C=O) groups is 3. The van der Waals surface area contributed by atoms with Crippen LogP contribution in [-0.2, 0) is 9.59 Å². The number of halogens is 2. The van der Waals surface area contributed by atoms with Gasteiger partial charge in [-0.1, -0.05) is 23.2 Å². The van der Waals surface area contributed by atoms with E-state index in [1.807, 2.05) is 0 Å². The number of amides is 3. The number of aliphatic carboxylic acids is 1. The van der Waals surface area contributed by atoms with Crippen LogP contribution in [-0.4, -0.2) is 34.5 Å². The number of hydrogen-bond donors (Lipinski definition) is 2. The SMILES string of the molecule is CC1(C(=O)O)CCN(C(=O)Nc2ccc(Cl)c(Cl)c2)C1=O. The van der Waals surface area contributed by atoms with Crippen LogP contribution in [0.25, 0.3) is 0 Å². The van der Waals surface area contributed by atoms with E-state index < -0.39 is 23.3 Å². The molecule has 2 rings (SSSR count). The van der Waals surface area contributed by atoms with Crippen molar-refractivity contribution < 1.29 is 19.5 Å². The summed E-state index contributed by atoms with van der Waals surface area (Å²) in [5.41, 5.74) is -1.19. The van der Waals surface area contributed by atoms with Gasteiger partial charge in [0.2, 0.25) is 5.91 Å². The normalized spacial score (nSPS) is 21.5. The summed E-state index contributed by atoms with van der Waals surface area (Å²) < 4.78 is 0. The zero-order valence-electron chi connectivity index (χ0n) is 11.0. The quantitative estimate of drug-likeness (QED) is 0.816. The molecule has 1 aromatic rings. The van der Waals surface area contributed by atoms with Crippen molar-refractivity contribution in [3.8, 4) is 0 Å². The number of rotatable bonds is 2. The molecule has 0 aromatic heterocycles. The molecule has 6 nitrogen and oxygen atoms in total. The predicted octanol–water partition coefficient (Wildman–Crippen LogP) is 2.85. The summed E-state index contributed by atoms with van der Waals surface area (Å²) in [6.45, 7) is 1.36. The van der Waals surface area contributed by atoms with E-state index in [4.69, 9.17) is 28.3 Å². The molecule has 1 aliphatic heterocycles. The lowest BCUT2D eigenvalue weighted by molar-refractivity contribution is -0.154. The van der Waals surface area contributed by atoms with Gasteiger partial charge in [0.15, 0.2) is 0 Å². The van der Waals surface area contributed by atoms with Crippen molar-refractivity contribution in [1.29, 1.82) is 0 Å². The Hall–Kier alpha value is -1.79. The number of anilines is 1. The Morgan fingerprint density at radius 3 is 2.52 bits per heavy atom. The van der Waals surface area contributed by atoms with Crippen molar-refractivity contribution in [3.05, 3.63) is 28.2 Å².